The molecule has 1 amide bonds. The molecule has 1 aliphatic heterocycles. The van der Waals surface area contributed by atoms with Crippen LogP contribution in [0.15, 0.2) is 91.0 Å². The first-order valence-electron chi connectivity index (χ1n) is 9.08. The number of para-hydroxylation sites is 1. The summed E-state index contributed by atoms with van der Waals surface area (Å²) in [6.07, 6.45) is 1.59. The van der Waals surface area contributed by atoms with Crippen molar-refractivity contribution in [2.24, 2.45) is 5.92 Å². The van der Waals surface area contributed by atoms with Crippen molar-refractivity contribution >= 4 is 17.4 Å². The second-order valence-corrected chi connectivity index (χ2v) is 6.68. The molecule has 0 spiro atoms. The first kappa shape index (κ1) is 17.1. The number of ether oxygens (including phenoxy) is 1. The summed E-state index contributed by atoms with van der Waals surface area (Å²) in [5, 5.41) is 3.06. The normalized spacial score (nSPS) is 18.5. The molecule has 0 aromatic heterocycles. The van der Waals surface area contributed by atoms with Crippen LogP contribution in [-0.4, -0.2) is 5.91 Å². The molecule has 1 heterocycles. The van der Waals surface area contributed by atoms with Crippen LogP contribution in [0.1, 0.15) is 22.8 Å². The predicted octanol–water partition coefficient (Wildman–Crippen LogP) is 5.36. The van der Waals surface area contributed by atoms with E-state index in [1.807, 2.05) is 97.9 Å². The molecule has 3 nitrogen and oxygen atoms in total. The van der Waals surface area contributed by atoms with Crippen molar-refractivity contribution in [2.75, 3.05) is 5.32 Å². The van der Waals surface area contributed by atoms with Crippen molar-refractivity contribution in [3.8, 4) is 0 Å². The Labute approximate surface area is 159 Å². The van der Waals surface area contributed by atoms with Gasteiger partial charge in [-0.05, 0) is 30.2 Å². The molecule has 3 heteroatoms. The third-order valence-corrected chi connectivity index (χ3v) is 4.80. The summed E-state index contributed by atoms with van der Waals surface area (Å²) < 4.78 is 6.24. The van der Waals surface area contributed by atoms with Crippen LogP contribution in [0, 0.1) is 12.8 Å². The molecule has 0 aliphatic carbocycles. The molecule has 3 aromatic carbocycles. The average molecular weight is 355 g/mol. The van der Waals surface area contributed by atoms with Gasteiger partial charge in [-0.15, -0.1) is 0 Å². The summed E-state index contributed by atoms with van der Waals surface area (Å²) in [5.74, 6) is 0.278. The molecular formula is C24H21NO2. The van der Waals surface area contributed by atoms with Crippen LogP contribution >= 0.6 is 0 Å². The van der Waals surface area contributed by atoms with Gasteiger partial charge in [-0.1, -0.05) is 78.9 Å². The minimum Gasteiger partial charge on any atom is -0.484 e. The molecule has 0 bridgehead atoms. The highest BCUT2D eigenvalue weighted by molar-refractivity contribution is 5.96. The third kappa shape index (κ3) is 3.63. The van der Waals surface area contributed by atoms with Crippen molar-refractivity contribution in [3.05, 3.63) is 108 Å². The number of anilines is 1. The van der Waals surface area contributed by atoms with Gasteiger partial charge in [0.15, 0.2) is 0 Å². The van der Waals surface area contributed by atoms with Crippen LogP contribution in [0.5, 0.6) is 0 Å². The fourth-order valence-corrected chi connectivity index (χ4v) is 3.33. The maximum Gasteiger partial charge on any atom is 0.235 e. The number of amides is 1. The van der Waals surface area contributed by atoms with Crippen molar-refractivity contribution in [3.63, 3.8) is 0 Å². The highest BCUT2D eigenvalue weighted by atomic mass is 16.5. The van der Waals surface area contributed by atoms with Gasteiger partial charge in [0.2, 0.25) is 5.91 Å². The SMILES string of the molecule is Cc1ccccc1NC(=O)C1C=C(c2ccccc2)OC1c1ccccc1. The van der Waals surface area contributed by atoms with E-state index in [0.717, 1.165) is 28.1 Å². The Morgan fingerprint density at radius 2 is 1.48 bits per heavy atom. The first-order valence-corrected chi connectivity index (χ1v) is 9.08. The maximum atomic E-state index is 13.1. The van der Waals surface area contributed by atoms with Gasteiger partial charge in [-0.3, -0.25) is 4.79 Å². The maximum absolute atomic E-state index is 13.1. The highest BCUT2D eigenvalue weighted by Gasteiger charge is 2.36. The van der Waals surface area contributed by atoms with Crippen LogP contribution in [0.25, 0.3) is 5.76 Å². The average Bonchev–Trinajstić information content (AvgIpc) is 3.17. The zero-order chi connectivity index (χ0) is 18.6. The summed E-state index contributed by atoms with van der Waals surface area (Å²) in [5.41, 5.74) is 3.83. The van der Waals surface area contributed by atoms with Crippen molar-refractivity contribution in [2.45, 2.75) is 13.0 Å². The van der Waals surface area contributed by atoms with Gasteiger partial charge in [0.05, 0.1) is 0 Å². The molecule has 3 aromatic rings. The van der Waals surface area contributed by atoms with Crippen LogP contribution in [0.4, 0.5) is 5.69 Å². The zero-order valence-corrected chi connectivity index (χ0v) is 15.1. The number of carbonyl (C=O) groups is 1. The Hall–Kier alpha value is -3.33. The van der Waals surface area contributed by atoms with Gasteiger partial charge in [-0.25, -0.2) is 0 Å². The van der Waals surface area contributed by atoms with E-state index in [-0.39, 0.29) is 12.0 Å². The van der Waals surface area contributed by atoms with E-state index in [1.165, 1.54) is 0 Å². The lowest BCUT2D eigenvalue weighted by Gasteiger charge is -2.20. The van der Waals surface area contributed by atoms with Crippen molar-refractivity contribution < 1.29 is 9.53 Å². The Bertz CT molecular complexity index is 964. The lowest BCUT2D eigenvalue weighted by Crippen LogP contribution is -2.25. The van der Waals surface area contributed by atoms with Crippen LogP contribution in [0.3, 0.4) is 0 Å². The number of benzene rings is 3. The Morgan fingerprint density at radius 3 is 2.19 bits per heavy atom. The van der Waals surface area contributed by atoms with Crippen molar-refractivity contribution in [1.29, 1.82) is 0 Å². The molecular weight excluding hydrogens is 334 g/mol. The molecule has 2 atom stereocenters. The zero-order valence-electron chi connectivity index (χ0n) is 15.1. The molecule has 0 radical (unpaired) electrons. The summed E-state index contributed by atoms with van der Waals surface area (Å²) in [6, 6.07) is 27.6. The number of aryl methyl sites for hydroxylation is 1. The van der Waals surface area contributed by atoms with E-state index >= 15 is 0 Å². The molecule has 2 unspecified atom stereocenters. The fraction of sp³-hybridized carbons (Fsp3) is 0.125. The number of nitrogens with one attached hydrogen (secondary N) is 1. The molecule has 1 N–H and O–H groups in total. The molecule has 4 rings (SSSR count). The second-order valence-electron chi connectivity index (χ2n) is 6.68. The van der Waals surface area contributed by atoms with Gasteiger partial charge >= 0.3 is 0 Å². The Morgan fingerprint density at radius 1 is 0.852 bits per heavy atom. The number of carbonyl (C=O) groups excluding carboxylic acids is 1. The molecule has 0 saturated heterocycles. The van der Waals surface area contributed by atoms with Gasteiger partial charge in [-0.2, -0.15) is 0 Å². The van der Waals surface area contributed by atoms with Crippen LogP contribution < -0.4 is 5.32 Å². The van der Waals surface area contributed by atoms with Gasteiger partial charge in [0, 0.05) is 11.3 Å². The smallest absolute Gasteiger partial charge is 0.235 e. The molecule has 27 heavy (non-hydrogen) atoms. The fourth-order valence-electron chi connectivity index (χ4n) is 3.33. The van der Waals surface area contributed by atoms with Crippen molar-refractivity contribution in [1.82, 2.24) is 0 Å². The lowest BCUT2D eigenvalue weighted by atomic mass is 9.95. The predicted molar refractivity (Wildman–Crippen MR) is 108 cm³/mol. The van der Waals surface area contributed by atoms with E-state index in [0.29, 0.717) is 0 Å². The third-order valence-electron chi connectivity index (χ3n) is 4.80. The number of hydrogen-bond donors (Lipinski definition) is 1. The minimum atomic E-state index is -0.401. The monoisotopic (exact) mass is 355 g/mol. The highest BCUT2D eigenvalue weighted by Crippen LogP contribution is 2.40. The summed E-state index contributed by atoms with van der Waals surface area (Å²) >= 11 is 0. The van der Waals surface area contributed by atoms with E-state index in [9.17, 15) is 4.79 Å². The largest absolute Gasteiger partial charge is 0.484 e. The van der Waals surface area contributed by atoms with E-state index < -0.39 is 5.92 Å². The standard InChI is InChI=1S/C24H21NO2/c1-17-10-8-9-15-21(17)25-24(26)20-16-22(18-11-4-2-5-12-18)27-23(20)19-13-6-3-7-14-19/h2-16,20,23H,1H3,(H,25,26). The summed E-state index contributed by atoms with van der Waals surface area (Å²) in [4.78, 5) is 13.1. The molecule has 1 aliphatic rings. The van der Waals surface area contributed by atoms with Crippen LogP contribution in [-0.2, 0) is 9.53 Å². The minimum absolute atomic E-state index is 0.0657. The number of hydrogen-bond acceptors (Lipinski definition) is 2. The lowest BCUT2D eigenvalue weighted by molar-refractivity contribution is -0.120. The van der Waals surface area contributed by atoms with E-state index in [4.69, 9.17) is 4.74 Å². The van der Waals surface area contributed by atoms with Gasteiger partial charge < -0.3 is 10.1 Å². The first-order chi connectivity index (χ1) is 13.2. The second kappa shape index (κ2) is 7.50. The molecule has 0 fully saturated rings. The van der Waals surface area contributed by atoms with Gasteiger partial charge in [0.1, 0.15) is 17.8 Å². The van der Waals surface area contributed by atoms with Crippen LogP contribution in [0.2, 0.25) is 0 Å². The van der Waals surface area contributed by atoms with E-state index in [1.54, 1.807) is 0 Å². The van der Waals surface area contributed by atoms with Gasteiger partial charge in [0.25, 0.3) is 0 Å². The summed E-state index contributed by atoms with van der Waals surface area (Å²) in [7, 11) is 0. The number of rotatable bonds is 4. The quantitative estimate of drug-likeness (QED) is 0.684. The topological polar surface area (TPSA) is 38.3 Å². The molecule has 134 valence electrons. The van der Waals surface area contributed by atoms with E-state index in [2.05, 4.69) is 5.32 Å². The molecule has 0 saturated carbocycles. The summed E-state index contributed by atoms with van der Waals surface area (Å²) in [6.45, 7) is 1.99. The Kier molecular flexibility index (Phi) is 4.75. The Balaban J connectivity index is 1.66.